The summed E-state index contributed by atoms with van der Waals surface area (Å²) in [5, 5.41) is 0. The summed E-state index contributed by atoms with van der Waals surface area (Å²) in [5.74, 6) is 0.409. The Kier molecular flexibility index (Phi) is 4.33. The van der Waals surface area contributed by atoms with Crippen molar-refractivity contribution in [3.63, 3.8) is 0 Å². The highest BCUT2D eigenvalue weighted by Crippen LogP contribution is 2.41. The third-order valence-corrected chi connectivity index (χ3v) is 5.10. The van der Waals surface area contributed by atoms with E-state index in [1.807, 2.05) is 37.3 Å². The van der Waals surface area contributed by atoms with E-state index >= 15 is 0 Å². The van der Waals surface area contributed by atoms with Gasteiger partial charge in [-0.1, -0.05) is 36.4 Å². The lowest BCUT2D eigenvalue weighted by Gasteiger charge is -2.32. The van der Waals surface area contributed by atoms with Crippen LogP contribution in [0.4, 0.5) is 15.9 Å². The van der Waals surface area contributed by atoms with Crippen LogP contribution in [-0.2, 0) is 13.0 Å². The van der Waals surface area contributed by atoms with Gasteiger partial charge in [-0.05, 0) is 60.2 Å². The van der Waals surface area contributed by atoms with Gasteiger partial charge in [-0.25, -0.2) is 9.37 Å². The zero-order valence-electron chi connectivity index (χ0n) is 14.8. The standard InChI is InChI=1S/C22H22FN3/c1-15-12-18-17(19(23)13-15)9-10-20(18)26(14-16-6-3-2-4-7-16)21-8-5-11-25-22(21)24/h2-8,11-13,20H,9-10,14H2,1H3,(H2,24,25). The lowest BCUT2D eigenvalue weighted by atomic mass is 10.0. The number of nitrogens with two attached hydrogens (primary N) is 1. The molecular weight excluding hydrogens is 325 g/mol. The maximum absolute atomic E-state index is 14.4. The number of fused-ring (bicyclic) bond motifs is 1. The van der Waals surface area contributed by atoms with Crippen molar-refractivity contribution < 1.29 is 4.39 Å². The molecule has 1 atom stereocenters. The van der Waals surface area contributed by atoms with Crippen molar-refractivity contribution in [2.24, 2.45) is 0 Å². The van der Waals surface area contributed by atoms with Crippen LogP contribution in [-0.4, -0.2) is 4.98 Å². The predicted molar refractivity (Wildman–Crippen MR) is 103 cm³/mol. The molecule has 4 heteroatoms. The zero-order chi connectivity index (χ0) is 18.1. The molecule has 0 amide bonds. The monoisotopic (exact) mass is 347 g/mol. The van der Waals surface area contributed by atoms with E-state index in [1.54, 1.807) is 12.3 Å². The lowest BCUT2D eigenvalue weighted by molar-refractivity contribution is 0.606. The maximum Gasteiger partial charge on any atom is 0.146 e. The van der Waals surface area contributed by atoms with Crippen molar-refractivity contribution in [2.45, 2.75) is 32.4 Å². The number of halogens is 1. The first-order chi connectivity index (χ1) is 12.6. The van der Waals surface area contributed by atoms with Crippen LogP contribution in [0.2, 0.25) is 0 Å². The van der Waals surface area contributed by atoms with Gasteiger partial charge in [0, 0.05) is 12.7 Å². The molecule has 4 rings (SSSR count). The Morgan fingerprint density at radius 3 is 2.73 bits per heavy atom. The van der Waals surface area contributed by atoms with Crippen LogP contribution in [0.25, 0.3) is 0 Å². The molecule has 26 heavy (non-hydrogen) atoms. The van der Waals surface area contributed by atoms with Crippen LogP contribution >= 0.6 is 0 Å². The number of anilines is 2. The molecule has 1 aliphatic carbocycles. The second-order valence-corrected chi connectivity index (χ2v) is 6.89. The van der Waals surface area contributed by atoms with Crippen LogP contribution in [0.5, 0.6) is 0 Å². The topological polar surface area (TPSA) is 42.2 Å². The first-order valence-electron chi connectivity index (χ1n) is 8.93. The van der Waals surface area contributed by atoms with Gasteiger partial charge in [-0.15, -0.1) is 0 Å². The molecule has 3 nitrogen and oxygen atoms in total. The van der Waals surface area contributed by atoms with Gasteiger partial charge in [0.25, 0.3) is 0 Å². The number of pyridine rings is 1. The molecule has 0 saturated heterocycles. The van der Waals surface area contributed by atoms with Crippen molar-refractivity contribution in [1.29, 1.82) is 0 Å². The molecule has 0 saturated carbocycles. The van der Waals surface area contributed by atoms with Crippen molar-refractivity contribution >= 4 is 11.5 Å². The third kappa shape index (κ3) is 3.03. The second-order valence-electron chi connectivity index (χ2n) is 6.89. The number of hydrogen-bond donors (Lipinski definition) is 1. The number of hydrogen-bond acceptors (Lipinski definition) is 3. The summed E-state index contributed by atoms with van der Waals surface area (Å²) in [6.45, 7) is 2.65. The molecule has 1 unspecified atom stereocenters. The van der Waals surface area contributed by atoms with E-state index in [9.17, 15) is 4.39 Å². The van der Waals surface area contributed by atoms with Crippen molar-refractivity contribution in [1.82, 2.24) is 4.98 Å². The Balaban J connectivity index is 1.79. The quantitative estimate of drug-likeness (QED) is 0.737. The van der Waals surface area contributed by atoms with Gasteiger partial charge in [0.05, 0.1) is 11.7 Å². The summed E-state index contributed by atoms with van der Waals surface area (Å²) in [6, 6.07) is 18.0. The first kappa shape index (κ1) is 16.6. The van der Waals surface area contributed by atoms with E-state index in [0.717, 1.165) is 35.2 Å². The lowest BCUT2D eigenvalue weighted by Crippen LogP contribution is -2.28. The number of aryl methyl sites for hydroxylation is 1. The van der Waals surface area contributed by atoms with Crippen LogP contribution in [0.3, 0.4) is 0 Å². The summed E-state index contributed by atoms with van der Waals surface area (Å²) in [4.78, 5) is 6.53. The van der Waals surface area contributed by atoms with E-state index < -0.39 is 0 Å². The largest absolute Gasteiger partial charge is 0.382 e. The van der Waals surface area contributed by atoms with Gasteiger partial charge in [-0.2, -0.15) is 0 Å². The smallest absolute Gasteiger partial charge is 0.146 e. The van der Waals surface area contributed by atoms with Crippen molar-refractivity contribution in [3.05, 3.63) is 88.9 Å². The van der Waals surface area contributed by atoms with Crippen molar-refractivity contribution in [3.8, 4) is 0 Å². The van der Waals surface area contributed by atoms with Crippen LogP contribution < -0.4 is 10.6 Å². The molecule has 132 valence electrons. The van der Waals surface area contributed by atoms with Gasteiger partial charge in [0.15, 0.2) is 0 Å². The molecule has 0 fully saturated rings. The highest BCUT2D eigenvalue weighted by atomic mass is 19.1. The van der Waals surface area contributed by atoms with E-state index in [1.165, 1.54) is 5.56 Å². The number of aromatic nitrogens is 1. The average molecular weight is 347 g/mol. The Bertz CT molecular complexity index is 924. The maximum atomic E-state index is 14.4. The number of rotatable bonds is 4. The van der Waals surface area contributed by atoms with Gasteiger partial charge >= 0.3 is 0 Å². The van der Waals surface area contributed by atoms with E-state index in [0.29, 0.717) is 12.4 Å². The fraction of sp³-hybridized carbons (Fsp3) is 0.227. The van der Waals surface area contributed by atoms with E-state index in [-0.39, 0.29) is 11.9 Å². The molecule has 2 N–H and O–H groups in total. The van der Waals surface area contributed by atoms with Gasteiger partial charge in [-0.3, -0.25) is 0 Å². The molecule has 1 aromatic heterocycles. The van der Waals surface area contributed by atoms with Crippen LogP contribution in [0.15, 0.2) is 60.8 Å². The molecule has 3 aromatic rings. The predicted octanol–water partition coefficient (Wildman–Crippen LogP) is 4.81. The Labute approximate surface area is 153 Å². The number of nitrogen functional groups attached to an aromatic ring is 1. The average Bonchev–Trinajstić information content (AvgIpc) is 3.05. The summed E-state index contributed by atoms with van der Waals surface area (Å²) in [7, 11) is 0. The highest BCUT2D eigenvalue weighted by Gasteiger charge is 2.31. The minimum absolute atomic E-state index is 0.0890. The molecule has 2 aromatic carbocycles. The van der Waals surface area contributed by atoms with Crippen molar-refractivity contribution in [2.75, 3.05) is 10.6 Å². The number of nitrogens with zero attached hydrogens (tertiary/aromatic N) is 2. The van der Waals surface area contributed by atoms with E-state index in [4.69, 9.17) is 5.73 Å². The van der Waals surface area contributed by atoms with Gasteiger partial charge in [0.1, 0.15) is 11.6 Å². The third-order valence-electron chi connectivity index (χ3n) is 5.10. The van der Waals surface area contributed by atoms with Gasteiger partial charge < -0.3 is 10.6 Å². The number of benzene rings is 2. The molecule has 1 aliphatic rings. The van der Waals surface area contributed by atoms with Crippen LogP contribution in [0, 0.1) is 12.7 Å². The summed E-state index contributed by atoms with van der Waals surface area (Å²) >= 11 is 0. The first-order valence-corrected chi connectivity index (χ1v) is 8.93. The molecule has 0 bridgehead atoms. The fourth-order valence-corrected chi connectivity index (χ4v) is 3.92. The summed E-state index contributed by atoms with van der Waals surface area (Å²) in [5.41, 5.74) is 11.1. The van der Waals surface area contributed by atoms with Gasteiger partial charge in [0.2, 0.25) is 0 Å². The highest BCUT2D eigenvalue weighted by molar-refractivity contribution is 5.65. The minimum Gasteiger partial charge on any atom is -0.382 e. The molecule has 0 radical (unpaired) electrons. The Hall–Kier alpha value is -2.88. The Morgan fingerprint density at radius 1 is 1.15 bits per heavy atom. The molecular formula is C22H22FN3. The normalized spacial score (nSPS) is 15.7. The van der Waals surface area contributed by atoms with Crippen LogP contribution in [0.1, 0.15) is 34.7 Å². The molecule has 0 spiro atoms. The summed E-state index contributed by atoms with van der Waals surface area (Å²) < 4.78 is 14.4. The molecule has 1 heterocycles. The van der Waals surface area contributed by atoms with E-state index in [2.05, 4.69) is 28.1 Å². The summed E-state index contributed by atoms with van der Waals surface area (Å²) in [6.07, 6.45) is 3.32. The zero-order valence-corrected chi connectivity index (χ0v) is 14.8. The minimum atomic E-state index is -0.0960. The fourth-order valence-electron chi connectivity index (χ4n) is 3.92. The second kappa shape index (κ2) is 6.79. The SMILES string of the molecule is Cc1cc(F)c2c(c1)C(N(Cc1ccccc1)c1cccnc1N)CC2. The Morgan fingerprint density at radius 2 is 1.96 bits per heavy atom. The molecule has 0 aliphatic heterocycles.